The third-order valence-corrected chi connectivity index (χ3v) is 8.54. The van der Waals surface area contributed by atoms with Gasteiger partial charge in [-0.2, -0.15) is 4.31 Å². The van der Waals surface area contributed by atoms with Gasteiger partial charge < -0.3 is 19.9 Å². The van der Waals surface area contributed by atoms with Crippen molar-refractivity contribution >= 4 is 52.4 Å². The Labute approximate surface area is 282 Å². The Hall–Kier alpha value is -4.34. The summed E-state index contributed by atoms with van der Waals surface area (Å²) in [6.07, 6.45) is 0.995. The van der Waals surface area contributed by atoms with Gasteiger partial charge in [0.1, 0.15) is 5.75 Å². The van der Waals surface area contributed by atoms with Crippen LogP contribution in [0.1, 0.15) is 81.8 Å². The molecule has 14 nitrogen and oxygen atoms in total. The number of nitrogens with zero attached hydrogens (tertiary/aromatic N) is 3. The monoisotopic (exact) mass is 688 g/mol. The number of anilines is 2. The zero-order valence-electron chi connectivity index (χ0n) is 28.1. The first-order valence-corrected chi connectivity index (χ1v) is 16.7. The Balaban J connectivity index is 1.90. The number of aliphatic carboxylic acids is 1. The van der Waals surface area contributed by atoms with E-state index in [0.717, 1.165) is 9.21 Å². The number of carbonyl (C=O) groups excluding carboxylic acids is 4. The molecule has 0 radical (unpaired) electrons. The maximum Gasteiger partial charge on any atom is 0.333 e. The molecule has 2 aromatic rings. The predicted octanol–water partition coefficient (Wildman–Crippen LogP) is 4.75. The lowest BCUT2D eigenvalue weighted by Crippen LogP contribution is -2.53. The van der Waals surface area contributed by atoms with Crippen molar-refractivity contribution in [1.82, 2.24) is 9.21 Å². The zero-order chi connectivity index (χ0) is 35.8. The van der Waals surface area contributed by atoms with E-state index >= 15 is 0 Å². The maximum atomic E-state index is 13.8. The smallest absolute Gasteiger partial charge is 0.333 e. The Kier molecular flexibility index (Phi) is 13.2. The Morgan fingerprint density at radius 2 is 1.77 bits per heavy atom. The Bertz CT molecular complexity index is 1540. The summed E-state index contributed by atoms with van der Waals surface area (Å²) in [6.45, 7) is 8.72. The van der Waals surface area contributed by atoms with Crippen molar-refractivity contribution in [2.24, 2.45) is 5.92 Å². The molecule has 1 saturated heterocycles. The van der Waals surface area contributed by atoms with Crippen LogP contribution in [0.2, 0.25) is 0 Å². The van der Waals surface area contributed by atoms with Gasteiger partial charge >= 0.3 is 18.0 Å². The SMILES string of the molecule is CCCC(=O)OCN1C(=O)CCN(c2cc(C(=O)Nc3ccc(CN(CC(CC)C(=O)O)S(=O)O)cc3)c(OC)c(C(C)(C)C)c2)C1=O. The average molecular weight is 689 g/mol. The summed E-state index contributed by atoms with van der Waals surface area (Å²) >= 11 is -2.40. The maximum absolute atomic E-state index is 13.8. The van der Waals surface area contributed by atoms with Crippen LogP contribution in [0.4, 0.5) is 16.2 Å². The first kappa shape index (κ1) is 38.1. The normalized spacial score (nSPS) is 14.9. The van der Waals surface area contributed by atoms with Crippen molar-refractivity contribution in [1.29, 1.82) is 0 Å². The molecule has 0 saturated carbocycles. The molecule has 0 aliphatic carbocycles. The molecule has 2 aromatic carbocycles. The van der Waals surface area contributed by atoms with Crippen LogP contribution in [0.15, 0.2) is 36.4 Å². The van der Waals surface area contributed by atoms with Crippen molar-refractivity contribution < 1.29 is 47.3 Å². The fourth-order valence-corrected chi connectivity index (χ4v) is 5.66. The van der Waals surface area contributed by atoms with Crippen molar-refractivity contribution in [3.63, 3.8) is 0 Å². The van der Waals surface area contributed by atoms with Crippen LogP contribution < -0.4 is 15.0 Å². The molecule has 15 heteroatoms. The van der Waals surface area contributed by atoms with Crippen LogP contribution in [-0.4, -0.2) is 79.8 Å². The highest BCUT2D eigenvalue weighted by Crippen LogP contribution is 2.39. The average Bonchev–Trinajstić information content (AvgIpc) is 3.02. The second kappa shape index (κ2) is 16.7. The number of imide groups is 1. The van der Waals surface area contributed by atoms with Gasteiger partial charge in [0.25, 0.3) is 5.91 Å². The first-order chi connectivity index (χ1) is 22.6. The van der Waals surface area contributed by atoms with Gasteiger partial charge in [0.05, 0.1) is 18.6 Å². The molecule has 3 rings (SSSR count). The zero-order valence-corrected chi connectivity index (χ0v) is 28.9. The summed E-state index contributed by atoms with van der Waals surface area (Å²) in [5, 5.41) is 12.2. The van der Waals surface area contributed by atoms with Gasteiger partial charge in [-0.05, 0) is 48.1 Å². The van der Waals surface area contributed by atoms with Gasteiger partial charge in [0.15, 0.2) is 6.73 Å². The van der Waals surface area contributed by atoms with E-state index in [1.54, 1.807) is 37.3 Å². The van der Waals surface area contributed by atoms with Crippen molar-refractivity contribution in [3.05, 3.63) is 53.1 Å². The summed E-state index contributed by atoms with van der Waals surface area (Å²) in [7, 11) is 1.44. The number of amides is 4. The minimum absolute atomic E-state index is 0.00706. The number of hydrogen-bond acceptors (Lipinski definition) is 8. The van der Waals surface area contributed by atoms with Crippen LogP contribution in [0.5, 0.6) is 5.75 Å². The van der Waals surface area contributed by atoms with E-state index in [4.69, 9.17) is 9.47 Å². The molecule has 1 aliphatic rings. The number of esters is 1. The highest BCUT2D eigenvalue weighted by molar-refractivity contribution is 7.76. The van der Waals surface area contributed by atoms with E-state index in [9.17, 15) is 37.8 Å². The summed E-state index contributed by atoms with van der Waals surface area (Å²) < 4.78 is 33.6. The lowest BCUT2D eigenvalue weighted by molar-refractivity contribution is -0.150. The fourth-order valence-electron chi connectivity index (χ4n) is 5.09. The van der Waals surface area contributed by atoms with E-state index in [-0.39, 0.29) is 38.0 Å². The van der Waals surface area contributed by atoms with Crippen LogP contribution in [0, 0.1) is 5.92 Å². The molecular weight excluding hydrogens is 644 g/mol. The molecular formula is C33H44N4O10S. The largest absolute Gasteiger partial charge is 0.496 e. The number of methoxy groups -OCH3 is 1. The van der Waals surface area contributed by atoms with Gasteiger partial charge in [0, 0.05) is 49.4 Å². The molecule has 1 fully saturated rings. The third-order valence-electron chi connectivity index (χ3n) is 7.82. The number of benzene rings is 2. The van der Waals surface area contributed by atoms with Crippen molar-refractivity contribution in [3.8, 4) is 5.75 Å². The van der Waals surface area contributed by atoms with E-state index in [1.807, 2.05) is 27.7 Å². The first-order valence-electron chi connectivity index (χ1n) is 15.6. The van der Waals surface area contributed by atoms with E-state index in [2.05, 4.69) is 5.32 Å². The van der Waals surface area contributed by atoms with E-state index in [0.29, 0.717) is 41.1 Å². The molecule has 0 spiro atoms. The van der Waals surface area contributed by atoms with Crippen LogP contribution in [0.3, 0.4) is 0 Å². The molecule has 3 N–H and O–H groups in total. The van der Waals surface area contributed by atoms with Gasteiger partial charge in [-0.15, -0.1) is 0 Å². The summed E-state index contributed by atoms with van der Waals surface area (Å²) in [5.74, 6) is -3.10. The lowest BCUT2D eigenvalue weighted by Gasteiger charge is -2.35. The van der Waals surface area contributed by atoms with Crippen LogP contribution >= 0.6 is 0 Å². The minimum atomic E-state index is -2.40. The molecule has 4 amide bonds. The fraction of sp³-hybridized carbons (Fsp3) is 0.485. The number of nitrogens with one attached hydrogen (secondary N) is 1. The number of hydrogen-bond donors (Lipinski definition) is 3. The minimum Gasteiger partial charge on any atom is -0.496 e. The van der Waals surface area contributed by atoms with Crippen molar-refractivity contribution in [2.45, 2.75) is 72.3 Å². The number of rotatable bonds is 15. The van der Waals surface area contributed by atoms with Gasteiger partial charge in [-0.1, -0.05) is 46.8 Å². The molecule has 262 valence electrons. The number of carboxylic acid groups (broad SMARTS) is 1. The molecule has 0 bridgehead atoms. The number of carboxylic acids is 1. The van der Waals surface area contributed by atoms with Crippen LogP contribution in [0.25, 0.3) is 0 Å². The quantitative estimate of drug-likeness (QED) is 0.174. The topological polar surface area (TPSA) is 183 Å². The second-order valence-corrected chi connectivity index (χ2v) is 13.4. The van der Waals surface area contributed by atoms with Crippen LogP contribution in [-0.2, 0) is 42.3 Å². The standard InChI is InChI=1S/C33H44N4O10S/c1-7-9-28(39)47-20-37-27(38)14-15-36(32(37)43)24-16-25(29(46-6)26(17-24)33(3,4)5)30(40)34-23-12-10-21(11-13-23)18-35(48(44)45)19-22(8-2)31(41)42/h10-13,16-17,22H,7-9,14-15,18-20H2,1-6H3,(H,34,40)(H,41,42)(H,44,45). The molecule has 1 aliphatic heterocycles. The molecule has 2 atom stereocenters. The summed E-state index contributed by atoms with van der Waals surface area (Å²) in [6, 6.07) is 9.08. The molecule has 2 unspecified atom stereocenters. The highest BCUT2D eigenvalue weighted by Gasteiger charge is 2.36. The van der Waals surface area contributed by atoms with Gasteiger partial charge in [-0.3, -0.25) is 28.6 Å². The number of urea groups is 1. The number of ether oxygens (including phenoxy) is 2. The highest BCUT2D eigenvalue weighted by atomic mass is 32.2. The lowest BCUT2D eigenvalue weighted by atomic mass is 9.84. The van der Waals surface area contributed by atoms with Gasteiger partial charge in [0.2, 0.25) is 17.2 Å². The van der Waals surface area contributed by atoms with Crippen molar-refractivity contribution in [2.75, 3.05) is 37.1 Å². The Morgan fingerprint density at radius 3 is 2.31 bits per heavy atom. The van der Waals surface area contributed by atoms with E-state index < -0.39 is 59.1 Å². The third kappa shape index (κ3) is 9.61. The molecule has 0 aromatic heterocycles. The number of carbonyl (C=O) groups is 5. The van der Waals surface area contributed by atoms with Gasteiger partial charge in [-0.25, -0.2) is 13.9 Å². The molecule has 1 heterocycles. The molecule has 48 heavy (non-hydrogen) atoms. The second-order valence-electron chi connectivity index (χ2n) is 12.4. The predicted molar refractivity (Wildman–Crippen MR) is 179 cm³/mol. The van der Waals surface area contributed by atoms with E-state index in [1.165, 1.54) is 18.1 Å². The summed E-state index contributed by atoms with van der Waals surface area (Å²) in [5.41, 5.74) is 1.62. The summed E-state index contributed by atoms with van der Waals surface area (Å²) in [4.78, 5) is 65.5. The Morgan fingerprint density at radius 1 is 1.10 bits per heavy atom.